The van der Waals surface area contributed by atoms with Crippen LogP contribution in [0, 0.1) is 0 Å². The fraction of sp³-hybridized carbons (Fsp3) is 0.476. The zero-order valence-electron chi connectivity index (χ0n) is 17.9. The number of nitrogens with zero attached hydrogens (tertiary/aromatic N) is 5. The van der Waals surface area contributed by atoms with Crippen molar-refractivity contribution in [3.63, 3.8) is 0 Å². The number of rotatable bonds is 6. The fourth-order valence-corrected chi connectivity index (χ4v) is 4.45. The standard InChI is InChI=1S/C21H25Cl2N5O4/c1-25-18-17(19(30)26(2)21(25)31)28(20(24-18)27-8-4-3-5-9-27)11-14(29)12-32-16-7-6-13(22)10-15(16)23/h6-7,10,14,29H,3-5,8-9,11-12H2,1-2H3. The van der Waals surface area contributed by atoms with Gasteiger partial charge >= 0.3 is 5.69 Å². The maximum Gasteiger partial charge on any atom is 0.332 e. The summed E-state index contributed by atoms with van der Waals surface area (Å²) < 4.78 is 9.78. The van der Waals surface area contributed by atoms with Gasteiger partial charge in [-0.2, -0.15) is 4.98 Å². The van der Waals surface area contributed by atoms with Crippen LogP contribution in [0.25, 0.3) is 11.2 Å². The van der Waals surface area contributed by atoms with Crippen LogP contribution in [0.15, 0.2) is 27.8 Å². The summed E-state index contributed by atoms with van der Waals surface area (Å²) in [6.45, 7) is 1.61. The Hall–Kier alpha value is -2.49. The quantitative estimate of drug-likeness (QED) is 0.579. The van der Waals surface area contributed by atoms with Crippen molar-refractivity contribution in [3.8, 4) is 5.75 Å². The minimum Gasteiger partial charge on any atom is -0.489 e. The summed E-state index contributed by atoms with van der Waals surface area (Å²) in [5.74, 6) is 0.974. The van der Waals surface area contributed by atoms with E-state index in [-0.39, 0.29) is 18.7 Å². The minimum atomic E-state index is -0.954. The van der Waals surface area contributed by atoms with E-state index in [1.54, 1.807) is 29.8 Å². The minimum absolute atomic E-state index is 0.0491. The number of ether oxygens (including phenoxy) is 1. The lowest BCUT2D eigenvalue weighted by Crippen LogP contribution is -2.38. The fourth-order valence-electron chi connectivity index (χ4n) is 3.98. The molecule has 3 aromatic rings. The first-order chi connectivity index (χ1) is 15.3. The molecular formula is C21H25Cl2N5O4. The van der Waals surface area contributed by atoms with Gasteiger partial charge < -0.3 is 19.3 Å². The Morgan fingerprint density at radius 2 is 1.84 bits per heavy atom. The molecule has 1 N–H and O–H groups in total. The first-order valence-corrected chi connectivity index (χ1v) is 11.2. The molecule has 3 heterocycles. The normalized spacial score (nSPS) is 15.3. The number of piperidine rings is 1. The molecule has 1 aliphatic heterocycles. The van der Waals surface area contributed by atoms with Gasteiger partial charge in [0, 0.05) is 32.2 Å². The summed E-state index contributed by atoms with van der Waals surface area (Å²) in [6, 6.07) is 4.85. The lowest BCUT2D eigenvalue weighted by atomic mass is 10.1. The zero-order valence-corrected chi connectivity index (χ0v) is 19.4. The molecule has 1 atom stereocenters. The molecule has 11 heteroatoms. The lowest BCUT2D eigenvalue weighted by Gasteiger charge is -2.28. The van der Waals surface area contributed by atoms with E-state index in [1.165, 1.54) is 11.6 Å². The Morgan fingerprint density at radius 1 is 1.12 bits per heavy atom. The second-order valence-corrected chi connectivity index (χ2v) is 8.83. The molecule has 0 radical (unpaired) electrons. The molecule has 1 aromatic carbocycles. The number of hydrogen-bond donors (Lipinski definition) is 1. The molecule has 9 nitrogen and oxygen atoms in total. The summed E-state index contributed by atoms with van der Waals surface area (Å²) in [5, 5.41) is 11.6. The van der Waals surface area contributed by atoms with Gasteiger partial charge in [0.05, 0.1) is 11.6 Å². The van der Waals surface area contributed by atoms with Crippen LogP contribution in [0.4, 0.5) is 5.95 Å². The van der Waals surface area contributed by atoms with Gasteiger partial charge in [-0.05, 0) is 37.5 Å². The predicted octanol–water partition coefficient (Wildman–Crippen LogP) is 2.17. The van der Waals surface area contributed by atoms with Crippen molar-refractivity contribution in [1.29, 1.82) is 0 Å². The summed E-state index contributed by atoms with van der Waals surface area (Å²) in [7, 11) is 3.02. The van der Waals surface area contributed by atoms with Crippen LogP contribution in [0.2, 0.25) is 10.0 Å². The van der Waals surface area contributed by atoms with E-state index < -0.39 is 17.4 Å². The topological polar surface area (TPSA) is 94.5 Å². The number of aliphatic hydroxyl groups is 1. The predicted molar refractivity (Wildman–Crippen MR) is 124 cm³/mol. The first kappa shape index (κ1) is 22.7. The molecule has 0 spiro atoms. The van der Waals surface area contributed by atoms with Crippen LogP contribution in [0.1, 0.15) is 19.3 Å². The molecular weight excluding hydrogens is 457 g/mol. The van der Waals surface area contributed by atoms with Crippen molar-refractivity contribution in [3.05, 3.63) is 49.1 Å². The third-order valence-corrected chi connectivity index (χ3v) is 6.22. The zero-order chi connectivity index (χ0) is 23.0. The highest BCUT2D eigenvalue weighted by Gasteiger charge is 2.25. The summed E-state index contributed by atoms with van der Waals surface area (Å²) in [6.07, 6.45) is 2.21. The third-order valence-electron chi connectivity index (χ3n) is 5.69. The molecule has 1 unspecified atom stereocenters. The van der Waals surface area contributed by atoms with E-state index in [2.05, 4.69) is 9.88 Å². The number of aliphatic hydroxyl groups excluding tert-OH is 1. The van der Waals surface area contributed by atoms with E-state index >= 15 is 0 Å². The SMILES string of the molecule is Cn1c(=O)c2c(nc(N3CCCCC3)n2CC(O)COc2ccc(Cl)cc2Cl)n(C)c1=O. The van der Waals surface area contributed by atoms with Crippen molar-refractivity contribution < 1.29 is 9.84 Å². The van der Waals surface area contributed by atoms with Crippen LogP contribution in [-0.2, 0) is 20.6 Å². The number of fused-ring (bicyclic) bond motifs is 1. The van der Waals surface area contributed by atoms with Crippen LogP contribution >= 0.6 is 23.2 Å². The Morgan fingerprint density at radius 3 is 2.53 bits per heavy atom. The van der Waals surface area contributed by atoms with Crippen molar-refractivity contribution in [2.24, 2.45) is 14.1 Å². The highest BCUT2D eigenvalue weighted by Crippen LogP contribution is 2.28. The van der Waals surface area contributed by atoms with E-state index in [4.69, 9.17) is 27.9 Å². The number of benzene rings is 1. The molecule has 2 aromatic heterocycles. The van der Waals surface area contributed by atoms with Crippen LogP contribution in [0.3, 0.4) is 0 Å². The Labute approximate surface area is 194 Å². The Kier molecular flexibility index (Phi) is 6.50. The maximum atomic E-state index is 13.0. The van der Waals surface area contributed by atoms with Crippen molar-refractivity contribution in [1.82, 2.24) is 18.7 Å². The Balaban J connectivity index is 1.69. The number of halogens is 2. The average molecular weight is 482 g/mol. The van der Waals surface area contributed by atoms with E-state index in [0.717, 1.165) is 36.9 Å². The highest BCUT2D eigenvalue weighted by atomic mass is 35.5. The Bertz CT molecular complexity index is 1260. The smallest absolute Gasteiger partial charge is 0.332 e. The highest BCUT2D eigenvalue weighted by molar-refractivity contribution is 6.35. The number of anilines is 1. The van der Waals surface area contributed by atoms with Gasteiger partial charge in [0.2, 0.25) is 5.95 Å². The van der Waals surface area contributed by atoms with Gasteiger partial charge in [0.15, 0.2) is 11.2 Å². The molecule has 1 fully saturated rings. The molecule has 0 bridgehead atoms. The largest absolute Gasteiger partial charge is 0.489 e. The monoisotopic (exact) mass is 481 g/mol. The molecule has 1 saturated heterocycles. The summed E-state index contributed by atoms with van der Waals surface area (Å²) in [4.78, 5) is 32.1. The van der Waals surface area contributed by atoms with Gasteiger partial charge in [-0.1, -0.05) is 23.2 Å². The van der Waals surface area contributed by atoms with Crippen molar-refractivity contribution in [2.75, 3.05) is 24.6 Å². The maximum absolute atomic E-state index is 13.0. The van der Waals surface area contributed by atoms with Gasteiger partial charge in [0.1, 0.15) is 18.5 Å². The van der Waals surface area contributed by atoms with Crippen molar-refractivity contribution >= 4 is 40.3 Å². The second kappa shape index (κ2) is 9.17. The first-order valence-electron chi connectivity index (χ1n) is 10.4. The number of aromatic nitrogens is 4. The van der Waals surface area contributed by atoms with Crippen molar-refractivity contribution in [2.45, 2.75) is 31.9 Å². The van der Waals surface area contributed by atoms with Crippen LogP contribution < -0.4 is 20.9 Å². The van der Waals surface area contributed by atoms with Crippen LogP contribution in [-0.4, -0.2) is 49.6 Å². The molecule has 0 amide bonds. The molecule has 0 aliphatic carbocycles. The molecule has 32 heavy (non-hydrogen) atoms. The van der Waals surface area contributed by atoms with Gasteiger partial charge in [-0.15, -0.1) is 0 Å². The van der Waals surface area contributed by atoms with Gasteiger partial charge in [-0.25, -0.2) is 4.79 Å². The van der Waals surface area contributed by atoms with E-state index in [1.807, 2.05) is 0 Å². The molecule has 1 aliphatic rings. The summed E-state index contributed by atoms with van der Waals surface area (Å²) >= 11 is 12.1. The van der Waals surface area contributed by atoms with Gasteiger partial charge in [0.25, 0.3) is 5.56 Å². The second-order valence-electron chi connectivity index (χ2n) is 7.99. The van der Waals surface area contributed by atoms with E-state index in [9.17, 15) is 14.7 Å². The average Bonchev–Trinajstić information content (AvgIpc) is 3.15. The molecule has 172 valence electrons. The summed E-state index contributed by atoms with van der Waals surface area (Å²) in [5.41, 5.74) is -0.322. The number of imidazole rings is 1. The van der Waals surface area contributed by atoms with Gasteiger partial charge in [-0.3, -0.25) is 13.9 Å². The molecule has 0 saturated carbocycles. The number of hydrogen-bond acceptors (Lipinski definition) is 6. The number of aryl methyl sites for hydroxylation is 1. The van der Waals surface area contributed by atoms with Crippen LogP contribution in [0.5, 0.6) is 5.75 Å². The lowest BCUT2D eigenvalue weighted by molar-refractivity contribution is 0.0936. The molecule has 4 rings (SSSR count). The third kappa shape index (κ3) is 4.24. The van der Waals surface area contributed by atoms with E-state index in [0.29, 0.717) is 27.4 Å².